The molecule has 1 aromatic rings. The molecule has 0 unspecified atom stereocenters. The van der Waals surface area contributed by atoms with Gasteiger partial charge in [0.2, 0.25) is 0 Å². The van der Waals surface area contributed by atoms with Crippen molar-refractivity contribution >= 4 is 17.3 Å². The second kappa shape index (κ2) is 4.89. The first-order valence-corrected chi connectivity index (χ1v) is 4.56. The summed E-state index contributed by atoms with van der Waals surface area (Å²) in [4.78, 5) is 11.2. The Labute approximate surface area is 93.0 Å². The molecule has 0 spiro atoms. The van der Waals surface area contributed by atoms with E-state index in [-0.39, 0.29) is 11.3 Å². The number of nitrogens with zero attached hydrogens (tertiary/aromatic N) is 1. The maximum atomic E-state index is 11.2. The third-order valence-electron chi connectivity index (χ3n) is 2.00. The quantitative estimate of drug-likeness (QED) is 0.459. The summed E-state index contributed by atoms with van der Waals surface area (Å²) in [5.74, 6) is -0.840. The first-order chi connectivity index (χ1) is 7.57. The van der Waals surface area contributed by atoms with Crippen molar-refractivity contribution in [3.63, 3.8) is 0 Å². The highest BCUT2D eigenvalue weighted by Crippen LogP contribution is 2.17. The summed E-state index contributed by atoms with van der Waals surface area (Å²) in [6, 6.07) is 9.89. The molecule has 0 bridgehead atoms. The molecule has 16 heavy (non-hydrogen) atoms. The van der Waals surface area contributed by atoms with Gasteiger partial charge in [0.25, 0.3) is 0 Å². The molecule has 0 aliphatic rings. The third-order valence-corrected chi connectivity index (χ3v) is 2.00. The van der Waals surface area contributed by atoms with Crippen molar-refractivity contribution in [2.75, 3.05) is 0 Å². The fourth-order valence-corrected chi connectivity index (χ4v) is 1.26. The van der Waals surface area contributed by atoms with Gasteiger partial charge >= 0.3 is 0 Å². The molecular formula is C12H10N2O2. The van der Waals surface area contributed by atoms with Crippen LogP contribution in [0.4, 0.5) is 0 Å². The molecule has 1 rings (SSSR count). The van der Waals surface area contributed by atoms with Crippen LogP contribution in [-0.4, -0.2) is 16.6 Å². The van der Waals surface area contributed by atoms with Crippen molar-refractivity contribution < 1.29 is 9.90 Å². The molecule has 0 saturated carbocycles. The highest BCUT2D eigenvalue weighted by atomic mass is 16.3. The number of hydrogen-bond acceptors (Lipinski definition) is 4. The molecule has 0 aliphatic heterocycles. The highest BCUT2D eigenvalue weighted by Gasteiger charge is 2.17. The van der Waals surface area contributed by atoms with Crippen molar-refractivity contribution in [3.05, 3.63) is 41.5 Å². The Kier molecular flexibility index (Phi) is 3.57. The van der Waals surface area contributed by atoms with E-state index in [1.165, 1.54) is 6.92 Å². The molecule has 0 fully saturated rings. The van der Waals surface area contributed by atoms with Gasteiger partial charge in [-0.25, -0.2) is 0 Å². The van der Waals surface area contributed by atoms with Gasteiger partial charge in [-0.2, -0.15) is 5.26 Å². The zero-order valence-corrected chi connectivity index (χ0v) is 8.69. The predicted molar refractivity (Wildman–Crippen MR) is 60.0 cm³/mol. The Morgan fingerprint density at radius 3 is 2.38 bits per heavy atom. The molecule has 2 N–H and O–H groups in total. The first kappa shape index (κ1) is 11.7. The van der Waals surface area contributed by atoms with E-state index >= 15 is 0 Å². The van der Waals surface area contributed by atoms with Gasteiger partial charge in [-0.1, -0.05) is 30.3 Å². The summed E-state index contributed by atoms with van der Waals surface area (Å²) in [5.41, 5.74) is -0.379. The van der Waals surface area contributed by atoms with E-state index in [2.05, 4.69) is 0 Å². The zero-order chi connectivity index (χ0) is 12.1. The Morgan fingerprint density at radius 2 is 1.94 bits per heavy atom. The smallest absolute Gasteiger partial charge is 0.166 e. The van der Waals surface area contributed by atoms with Gasteiger partial charge in [0.1, 0.15) is 17.5 Å². The number of allylic oxidation sites excluding steroid dienone is 1. The molecule has 80 valence electrons. The molecule has 4 heteroatoms. The second-order valence-electron chi connectivity index (χ2n) is 3.13. The topological polar surface area (TPSA) is 84.9 Å². The van der Waals surface area contributed by atoms with Crippen molar-refractivity contribution in [2.24, 2.45) is 0 Å². The number of Topliss-reactive ketones (excluding diaryl/α,β-unsaturated/α-hetero) is 1. The minimum Gasteiger partial charge on any atom is -0.506 e. The molecule has 0 radical (unpaired) electrons. The molecule has 0 amide bonds. The maximum absolute atomic E-state index is 11.2. The van der Waals surface area contributed by atoms with Crippen molar-refractivity contribution in [2.45, 2.75) is 6.92 Å². The normalized spacial score (nSPS) is 11.2. The van der Waals surface area contributed by atoms with Crippen LogP contribution >= 0.6 is 0 Å². The lowest BCUT2D eigenvalue weighted by molar-refractivity contribution is -0.113. The van der Waals surface area contributed by atoms with E-state index in [0.29, 0.717) is 5.56 Å². The molecule has 0 atom stereocenters. The summed E-state index contributed by atoms with van der Waals surface area (Å²) >= 11 is 0. The Bertz CT molecular complexity index is 496. The third kappa shape index (κ3) is 2.34. The van der Waals surface area contributed by atoms with Gasteiger partial charge in [-0.3, -0.25) is 10.2 Å². The van der Waals surface area contributed by atoms with Gasteiger partial charge in [-0.05, 0) is 6.92 Å². The summed E-state index contributed by atoms with van der Waals surface area (Å²) in [5, 5.41) is 25.7. The predicted octanol–water partition coefficient (Wildman–Crippen LogP) is 2.09. The minimum absolute atomic E-state index is 0.256. The average molecular weight is 214 g/mol. The zero-order valence-electron chi connectivity index (χ0n) is 8.69. The molecule has 0 heterocycles. The van der Waals surface area contributed by atoms with Crippen LogP contribution < -0.4 is 0 Å². The van der Waals surface area contributed by atoms with E-state index in [0.717, 1.165) is 0 Å². The SMILES string of the molecule is CC(=O)C(C(=N)C#N)=C(O)c1ccccc1. The average Bonchev–Trinajstić information content (AvgIpc) is 2.29. The molecular weight excluding hydrogens is 204 g/mol. The largest absolute Gasteiger partial charge is 0.506 e. The Morgan fingerprint density at radius 1 is 1.38 bits per heavy atom. The molecule has 1 aromatic carbocycles. The van der Waals surface area contributed by atoms with Crippen LogP contribution in [0.15, 0.2) is 35.9 Å². The Balaban J connectivity index is 3.35. The van der Waals surface area contributed by atoms with Crippen LogP contribution in [0.3, 0.4) is 0 Å². The fourth-order valence-electron chi connectivity index (χ4n) is 1.26. The Hall–Kier alpha value is -2.41. The number of nitriles is 1. The van der Waals surface area contributed by atoms with Crippen LogP contribution in [0.2, 0.25) is 0 Å². The molecule has 0 aliphatic carbocycles. The molecule has 0 aromatic heterocycles. The van der Waals surface area contributed by atoms with E-state index in [1.54, 1.807) is 36.4 Å². The standard InChI is InChI=1S/C12H10N2O2/c1-8(15)11(10(14)7-13)12(16)9-5-3-2-4-6-9/h2-6,14,16H,1H3. The summed E-state index contributed by atoms with van der Waals surface area (Å²) in [7, 11) is 0. The first-order valence-electron chi connectivity index (χ1n) is 4.56. The number of hydrogen-bond donors (Lipinski definition) is 2. The van der Waals surface area contributed by atoms with E-state index in [1.807, 2.05) is 0 Å². The van der Waals surface area contributed by atoms with Crippen LogP contribution in [0.1, 0.15) is 12.5 Å². The fraction of sp³-hybridized carbons (Fsp3) is 0.0833. The van der Waals surface area contributed by atoms with Gasteiger partial charge < -0.3 is 5.11 Å². The highest BCUT2D eigenvalue weighted by molar-refractivity contribution is 6.29. The molecule has 0 saturated heterocycles. The van der Waals surface area contributed by atoms with E-state index in [4.69, 9.17) is 10.7 Å². The molecule has 4 nitrogen and oxygen atoms in total. The minimum atomic E-state index is -0.533. The van der Waals surface area contributed by atoms with E-state index in [9.17, 15) is 9.90 Å². The van der Waals surface area contributed by atoms with Crippen LogP contribution in [-0.2, 0) is 4.79 Å². The van der Waals surface area contributed by atoms with Crippen LogP contribution in [0, 0.1) is 16.7 Å². The van der Waals surface area contributed by atoms with Gasteiger partial charge in [0.05, 0.1) is 5.57 Å². The lowest BCUT2D eigenvalue weighted by Gasteiger charge is -2.05. The maximum Gasteiger partial charge on any atom is 0.166 e. The van der Waals surface area contributed by atoms with Crippen LogP contribution in [0.25, 0.3) is 5.76 Å². The van der Waals surface area contributed by atoms with E-state index < -0.39 is 11.5 Å². The van der Waals surface area contributed by atoms with Crippen molar-refractivity contribution in [1.82, 2.24) is 0 Å². The number of rotatable bonds is 3. The van der Waals surface area contributed by atoms with Crippen molar-refractivity contribution in [1.29, 1.82) is 10.7 Å². The summed E-state index contributed by atoms with van der Waals surface area (Å²) in [6.07, 6.45) is 0. The van der Waals surface area contributed by atoms with Crippen LogP contribution in [0.5, 0.6) is 0 Å². The number of carbonyl (C=O) groups is 1. The van der Waals surface area contributed by atoms with Gasteiger partial charge in [0.15, 0.2) is 5.78 Å². The summed E-state index contributed by atoms with van der Waals surface area (Å²) < 4.78 is 0. The van der Waals surface area contributed by atoms with Gasteiger partial charge in [-0.15, -0.1) is 0 Å². The number of aliphatic hydroxyl groups is 1. The second-order valence-corrected chi connectivity index (χ2v) is 3.13. The monoisotopic (exact) mass is 214 g/mol. The number of benzene rings is 1. The number of carbonyl (C=O) groups excluding carboxylic acids is 1. The lowest BCUT2D eigenvalue weighted by Crippen LogP contribution is -2.10. The van der Waals surface area contributed by atoms with Crippen molar-refractivity contribution in [3.8, 4) is 6.07 Å². The van der Waals surface area contributed by atoms with Gasteiger partial charge in [0, 0.05) is 5.56 Å². The number of ketones is 1. The summed E-state index contributed by atoms with van der Waals surface area (Å²) in [6.45, 7) is 1.21. The number of aliphatic hydroxyl groups excluding tert-OH is 1. The number of nitrogens with one attached hydrogen (secondary N) is 1. The lowest BCUT2D eigenvalue weighted by atomic mass is 10.0.